The molecule has 0 aliphatic heterocycles. The summed E-state index contributed by atoms with van der Waals surface area (Å²) >= 11 is 0. The van der Waals surface area contributed by atoms with E-state index in [4.69, 9.17) is 5.11 Å². The summed E-state index contributed by atoms with van der Waals surface area (Å²) in [4.78, 5) is 0. The van der Waals surface area contributed by atoms with Crippen molar-refractivity contribution in [2.45, 2.75) is 64.8 Å². The van der Waals surface area contributed by atoms with Gasteiger partial charge in [0.2, 0.25) is 0 Å². The zero-order chi connectivity index (χ0) is 10.1. The lowest BCUT2D eigenvalue weighted by Gasteiger charge is -2.14. The Labute approximate surface area is 81.2 Å². The molecule has 0 bridgehead atoms. The van der Waals surface area contributed by atoms with Crippen LogP contribution in [0.15, 0.2) is 0 Å². The highest BCUT2D eigenvalue weighted by atomic mass is 16.3. The first-order valence-corrected chi connectivity index (χ1v) is 5.29. The third-order valence-electron chi connectivity index (χ3n) is 2.01. The molecule has 0 rings (SSSR count). The number of hydrogen-bond acceptors (Lipinski definition) is 3. The predicted molar refractivity (Wildman–Crippen MR) is 54.2 cm³/mol. The second kappa shape index (κ2) is 8.48. The maximum Gasteiger partial charge on any atom is 0.106 e. The Bertz CT molecular complexity index is 107. The van der Waals surface area contributed by atoms with Gasteiger partial charge >= 0.3 is 0 Å². The number of aliphatic hydroxyl groups excluding tert-OH is 2. The van der Waals surface area contributed by atoms with Gasteiger partial charge in [-0.1, -0.05) is 32.6 Å². The van der Waals surface area contributed by atoms with Crippen LogP contribution in [0.2, 0.25) is 0 Å². The molecule has 0 spiro atoms. The number of aliphatic hydroxyl groups is 2. The summed E-state index contributed by atoms with van der Waals surface area (Å²) in [5.74, 6) is 0. The van der Waals surface area contributed by atoms with Gasteiger partial charge < -0.3 is 10.2 Å². The lowest BCUT2D eigenvalue weighted by atomic mass is 10.1. The first-order chi connectivity index (χ1) is 6.16. The highest BCUT2D eigenvalue weighted by Gasteiger charge is 2.04. The summed E-state index contributed by atoms with van der Waals surface area (Å²) in [5.41, 5.74) is 0. The van der Waals surface area contributed by atoms with Gasteiger partial charge in [0.15, 0.2) is 0 Å². The maximum atomic E-state index is 9.31. The fourth-order valence-corrected chi connectivity index (χ4v) is 1.30. The third kappa shape index (κ3) is 9.80. The minimum atomic E-state index is -0.620. The summed E-state index contributed by atoms with van der Waals surface area (Å²) < 4.78 is 0. The molecule has 0 saturated carbocycles. The van der Waals surface area contributed by atoms with E-state index in [1.54, 1.807) is 6.92 Å². The van der Waals surface area contributed by atoms with E-state index in [2.05, 4.69) is 12.2 Å². The zero-order valence-electron chi connectivity index (χ0n) is 8.79. The van der Waals surface area contributed by atoms with Crippen LogP contribution in [0, 0.1) is 0 Å². The minimum absolute atomic E-state index is 0.554. The molecule has 0 saturated heterocycles. The SMILES string of the molecule is CCCCCCCC(O)NC(C)O. The summed E-state index contributed by atoms with van der Waals surface area (Å²) in [6.07, 6.45) is 5.53. The molecule has 3 heteroatoms. The fourth-order valence-electron chi connectivity index (χ4n) is 1.30. The number of unbranched alkanes of at least 4 members (excludes halogenated alkanes) is 4. The Morgan fingerprint density at radius 1 is 1.08 bits per heavy atom. The molecule has 0 fully saturated rings. The molecule has 3 N–H and O–H groups in total. The molecule has 3 nitrogen and oxygen atoms in total. The largest absolute Gasteiger partial charge is 0.379 e. The van der Waals surface area contributed by atoms with Gasteiger partial charge in [0, 0.05) is 0 Å². The summed E-state index contributed by atoms with van der Waals surface area (Å²) in [7, 11) is 0. The van der Waals surface area contributed by atoms with Gasteiger partial charge in [0.05, 0.1) is 0 Å². The monoisotopic (exact) mass is 189 g/mol. The van der Waals surface area contributed by atoms with Gasteiger partial charge in [0.25, 0.3) is 0 Å². The zero-order valence-corrected chi connectivity index (χ0v) is 8.79. The van der Waals surface area contributed by atoms with Crippen molar-refractivity contribution in [3.8, 4) is 0 Å². The van der Waals surface area contributed by atoms with Gasteiger partial charge in [-0.15, -0.1) is 0 Å². The molecule has 0 aromatic carbocycles. The van der Waals surface area contributed by atoms with Crippen molar-refractivity contribution in [1.29, 1.82) is 0 Å². The standard InChI is InChI=1S/C10H23NO2/c1-3-4-5-6-7-8-10(13)11-9(2)12/h9-13H,3-8H2,1-2H3. The van der Waals surface area contributed by atoms with Crippen molar-refractivity contribution < 1.29 is 10.2 Å². The molecule has 2 atom stereocenters. The number of nitrogens with one attached hydrogen (secondary N) is 1. The van der Waals surface area contributed by atoms with E-state index in [9.17, 15) is 5.11 Å². The maximum absolute atomic E-state index is 9.31. The van der Waals surface area contributed by atoms with Crippen molar-refractivity contribution in [3.05, 3.63) is 0 Å². The number of rotatable bonds is 8. The first kappa shape index (κ1) is 12.9. The van der Waals surface area contributed by atoms with Crippen LogP contribution in [-0.2, 0) is 0 Å². The second-order valence-corrected chi connectivity index (χ2v) is 3.56. The average molecular weight is 189 g/mol. The van der Waals surface area contributed by atoms with Gasteiger partial charge in [-0.2, -0.15) is 0 Å². The molecule has 2 unspecified atom stereocenters. The van der Waals surface area contributed by atoms with E-state index in [0.29, 0.717) is 0 Å². The average Bonchev–Trinajstić information content (AvgIpc) is 2.02. The summed E-state index contributed by atoms with van der Waals surface area (Å²) in [6.45, 7) is 3.80. The minimum Gasteiger partial charge on any atom is -0.379 e. The van der Waals surface area contributed by atoms with E-state index in [0.717, 1.165) is 12.8 Å². The lowest BCUT2D eigenvalue weighted by Crippen LogP contribution is -2.35. The summed E-state index contributed by atoms with van der Waals surface area (Å²) in [6, 6.07) is 0. The molecule has 0 amide bonds. The van der Waals surface area contributed by atoms with Gasteiger partial charge in [-0.25, -0.2) is 0 Å². The molecule has 0 radical (unpaired) electrons. The molecular weight excluding hydrogens is 166 g/mol. The second-order valence-electron chi connectivity index (χ2n) is 3.56. The van der Waals surface area contributed by atoms with Crippen LogP contribution < -0.4 is 5.32 Å². The van der Waals surface area contributed by atoms with E-state index >= 15 is 0 Å². The lowest BCUT2D eigenvalue weighted by molar-refractivity contribution is 0.0459. The quantitative estimate of drug-likeness (QED) is 0.401. The van der Waals surface area contributed by atoms with Crippen LogP contribution in [0.25, 0.3) is 0 Å². The topological polar surface area (TPSA) is 52.5 Å². The Morgan fingerprint density at radius 3 is 2.23 bits per heavy atom. The van der Waals surface area contributed by atoms with Crippen LogP contribution in [0.1, 0.15) is 52.4 Å². The van der Waals surface area contributed by atoms with Crippen LogP contribution >= 0.6 is 0 Å². The molecular formula is C10H23NO2. The van der Waals surface area contributed by atoms with Crippen molar-refractivity contribution in [2.24, 2.45) is 0 Å². The smallest absolute Gasteiger partial charge is 0.106 e. The highest BCUT2D eigenvalue weighted by Crippen LogP contribution is 2.06. The molecule has 0 aromatic heterocycles. The van der Waals surface area contributed by atoms with E-state index in [1.165, 1.54) is 25.7 Å². The van der Waals surface area contributed by atoms with Crippen molar-refractivity contribution in [2.75, 3.05) is 0 Å². The molecule has 0 aliphatic rings. The molecule has 80 valence electrons. The molecule has 13 heavy (non-hydrogen) atoms. The third-order valence-corrected chi connectivity index (χ3v) is 2.01. The summed E-state index contributed by atoms with van der Waals surface area (Å²) in [5, 5.41) is 20.8. The molecule has 0 heterocycles. The van der Waals surface area contributed by atoms with Crippen molar-refractivity contribution in [3.63, 3.8) is 0 Å². The molecule has 0 aliphatic carbocycles. The normalized spacial score (nSPS) is 15.7. The Hall–Kier alpha value is -0.120. The molecule has 0 aromatic rings. The van der Waals surface area contributed by atoms with Crippen LogP contribution in [0.4, 0.5) is 0 Å². The van der Waals surface area contributed by atoms with Crippen LogP contribution in [0.5, 0.6) is 0 Å². The van der Waals surface area contributed by atoms with Crippen LogP contribution in [-0.4, -0.2) is 22.7 Å². The van der Waals surface area contributed by atoms with E-state index in [1.807, 2.05) is 0 Å². The fraction of sp³-hybridized carbons (Fsp3) is 1.00. The number of hydrogen-bond donors (Lipinski definition) is 3. The highest BCUT2D eigenvalue weighted by molar-refractivity contribution is 4.54. The first-order valence-electron chi connectivity index (χ1n) is 5.29. The Kier molecular flexibility index (Phi) is 8.40. The van der Waals surface area contributed by atoms with Gasteiger partial charge in [0.1, 0.15) is 12.5 Å². The van der Waals surface area contributed by atoms with Crippen LogP contribution in [0.3, 0.4) is 0 Å². The van der Waals surface area contributed by atoms with Crippen molar-refractivity contribution in [1.82, 2.24) is 5.32 Å². The Balaban J connectivity index is 3.12. The van der Waals surface area contributed by atoms with Crippen molar-refractivity contribution >= 4 is 0 Å². The predicted octanol–water partition coefficient (Wildman–Crippen LogP) is 1.59. The van der Waals surface area contributed by atoms with Gasteiger partial charge in [-0.05, 0) is 19.8 Å². The van der Waals surface area contributed by atoms with Gasteiger partial charge in [-0.3, -0.25) is 5.32 Å². The van der Waals surface area contributed by atoms with E-state index < -0.39 is 12.5 Å². The van der Waals surface area contributed by atoms with E-state index in [-0.39, 0.29) is 0 Å². The Morgan fingerprint density at radius 2 is 1.69 bits per heavy atom.